The zero-order valence-corrected chi connectivity index (χ0v) is 18.6. The van der Waals surface area contributed by atoms with Crippen LogP contribution < -0.4 is 5.46 Å². The van der Waals surface area contributed by atoms with Gasteiger partial charge in [0.05, 0.1) is 11.8 Å². The van der Waals surface area contributed by atoms with E-state index in [-0.39, 0.29) is 17.9 Å². The lowest BCUT2D eigenvalue weighted by molar-refractivity contribution is -0.0668. The molecule has 2 fully saturated rings. The molecule has 0 unspecified atom stereocenters. The Morgan fingerprint density at radius 3 is 2.42 bits per heavy atom. The summed E-state index contributed by atoms with van der Waals surface area (Å²) in [6, 6.07) is 17.0. The van der Waals surface area contributed by atoms with Crippen molar-refractivity contribution < 1.29 is 17.9 Å². The smallest absolute Gasteiger partial charge is 0.411 e. The summed E-state index contributed by atoms with van der Waals surface area (Å²) in [5.41, 5.74) is 1.73. The Morgan fingerprint density at radius 2 is 1.81 bits per heavy atom. The Bertz CT molecular complexity index is 1030. The van der Waals surface area contributed by atoms with E-state index in [9.17, 15) is 13.2 Å². The molecule has 162 valence electrons. The van der Waals surface area contributed by atoms with Crippen LogP contribution in [0.5, 0.6) is 0 Å². The van der Waals surface area contributed by atoms with E-state index < -0.39 is 15.6 Å². The van der Waals surface area contributed by atoms with Crippen molar-refractivity contribution in [2.45, 2.75) is 37.8 Å². The average Bonchev–Trinajstić information content (AvgIpc) is 3.11. The second kappa shape index (κ2) is 8.67. The molecule has 8 heteroatoms. The predicted molar refractivity (Wildman–Crippen MR) is 121 cm³/mol. The van der Waals surface area contributed by atoms with Gasteiger partial charge in [-0.2, -0.15) is 0 Å². The Kier molecular flexibility index (Phi) is 6.12. The maximum absolute atomic E-state index is 13.1. The molecule has 2 heterocycles. The number of cyclic esters (lactones) is 1. The molecule has 6 nitrogen and oxygen atoms in total. The van der Waals surface area contributed by atoms with Crippen LogP contribution in [-0.4, -0.2) is 56.9 Å². The first-order valence-electron chi connectivity index (χ1n) is 10.7. The first-order chi connectivity index (χ1) is 14.8. The summed E-state index contributed by atoms with van der Waals surface area (Å²) in [6.45, 7) is 3.37. The molecule has 4 rings (SSSR count). The summed E-state index contributed by atoms with van der Waals surface area (Å²) < 4.78 is 32.2. The molecule has 0 saturated carbocycles. The third-order valence-corrected chi connectivity index (χ3v) is 8.38. The molecule has 1 amide bonds. The molecule has 2 aliphatic rings. The molecule has 2 saturated heterocycles. The third kappa shape index (κ3) is 4.50. The van der Waals surface area contributed by atoms with Crippen molar-refractivity contribution in [1.29, 1.82) is 0 Å². The first kappa shape index (κ1) is 21.9. The number of carbonyl (C=O) groups is 1. The minimum Gasteiger partial charge on any atom is -0.438 e. The molecule has 2 aromatic rings. The van der Waals surface area contributed by atoms with E-state index in [2.05, 4.69) is 0 Å². The number of nitrogens with zero attached hydrogens (tertiary/aromatic N) is 2. The number of sulfonamides is 1. The van der Waals surface area contributed by atoms with Crippen LogP contribution >= 0.6 is 0 Å². The van der Waals surface area contributed by atoms with Gasteiger partial charge in [-0.3, -0.25) is 0 Å². The summed E-state index contributed by atoms with van der Waals surface area (Å²) in [5.74, 6) is 0.192. The van der Waals surface area contributed by atoms with Gasteiger partial charge in [-0.1, -0.05) is 60.1 Å². The van der Waals surface area contributed by atoms with Crippen molar-refractivity contribution in [3.05, 3.63) is 65.7 Å². The zero-order chi connectivity index (χ0) is 22.1. The monoisotopic (exact) mass is 438 g/mol. The van der Waals surface area contributed by atoms with Crippen molar-refractivity contribution in [1.82, 2.24) is 9.21 Å². The SMILES string of the molecule is [B]c1ccc([C@H](C)N2CC[C@](CCN3CCCS3(=O)=O)(c3ccccc3)OC2=O)cc1. The molecule has 2 aliphatic heterocycles. The lowest BCUT2D eigenvalue weighted by Gasteiger charge is -2.44. The Labute approximate surface area is 185 Å². The van der Waals surface area contributed by atoms with Gasteiger partial charge in [0.15, 0.2) is 0 Å². The third-order valence-electron chi connectivity index (χ3n) is 6.43. The highest BCUT2D eigenvalue weighted by Gasteiger charge is 2.44. The maximum atomic E-state index is 13.1. The molecular formula is C23H27BN2O4S. The number of amides is 1. The van der Waals surface area contributed by atoms with Crippen molar-refractivity contribution in [3.63, 3.8) is 0 Å². The molecule has 2 atom stereocenters. The van der Waals surface area contributed by atoms with Crippen LogP contribution in [0.4, 0.5) is 4.79 Å². The van der Waals surface area contributed by atoms with Gasteiger partial charge in [0.1, 0.15) is 13.4 Å². The van der Waals surface area contributed by atoms with Gasteiger partial charge in [0, 0.05) is 32.5 Å². The van der Waals surface area contributed by atoms with E-state index in [1.54, 1.807) is 4.90 Å². The highest BCUT2D eigenvalue weighted by atomic mass is 32.2. The first-order valence-corrected chi connectivity index (χ1v) is 12.3. The standard InChI is InChI=1S/C23H27BN2O4S/c1-18(19-8-10-21(24)11-9-19)26-16-13-23(30-22(26)27,20-6-3-2-4-7-20)12-15-25-14-5-17-31(25,28)29/h2-4,6-11,18H,5,12-17H2,1H3/t18-,23+/m0/s1. The number of hydrogen-bond donors (Lipinski definition) is 0. The predicted octanol–water partition coefficient (Wildman–Crippen LogP) is 2.70. The van der Waals surface area contributed by atoms with Crippen molar-refractivity contribution >= 4 is 29.4 Å². The van der Waals surface area contributed by atoms with Crippen LogP contribution in [0.1, 0.15) is 43.4 Å². The van der Waals surface area contributed by atoms with Gasteiger partial charge in [0.2, 0.25) is 10.0 Å². The molecule has 0 spiro atoms. The normalized spacial score (nSPS) is 24.7. The van der Waals surface area contributed by atoms with Crippen LogP contribution in [0.15, 0.2) is 54.6 Å². The summed E-state index contributed by atoms with van der Waals surface area (Å²) in [5, 5.41) is 0. The van der Waals surface area contributed by atoms with Gasteiger partial charge < -0.3 is 9.64 Å². The molecule has 2 aromatic carbocycles. The number of rotatable bonds is 6. The van der Waals surface area contributed by atoms with Gasteiger partial charge in [-0.15, -0.1) is 0 Å². The molecule has 31 heavy (non-hydrogen) atoms. The Morgan fingerprint density at radius 1 is 1.10 bits per heavy atom. The number of ether oxygens (including phenoxy) is 1. The summed E-state index contributed by atoms with van der Waals surface area (Å²) in [4.78, 5) is 14.9. The molecule has 0 bridgehead atoms. The highest BCUT2D eigenvalue weighted by Crippen LogP contribution is 2.40. The molecular weight excluding hydrogens is 411 g/mol. The van der Waals surface area contributed by atoms with Gasteiger partial charge in [-0.05, 0) is 24.5 Å². The fraction of sp³-hybridized carbons (Fsp3) is 0.435. The number of benzene rings is 2. The molecule has 0 aromatic heterocycles. The second-order valence-electron chi connectivity index (χ2n) is 8.33. The van der Waals surface area contributed by atoms with Crippen LogP contribution in [0.3, 0.4) is 0 Å². The van der Waals surface area contributed by atoms with Crippen LogP contribution in [-0.2, 0) is 20.4 Å². The molecule has 2 radical (unpaired) electrons. The van der Waals surface area contributed by atoms with Gasteiger partial charge in [-0.25, -0.2) is 17.5 Å². The maximum Gasteiger partial charge on any atom is 0.411 e. The van der Waals surface area contributed by atoms with Crippen molar-refractivity contribution in [2.24, 2.45) is 0 Å². The minimum absolute atomic E-state index is 0.152. The van der Waals surface area contributed by atoms with Crippen LogP contribution in [0.2, 0.25) is 0 Å². The summed E-state index contributed by atoms with van der Waals surface area (Å²) >= 11 is 0. The minimum atomic E-state index is -3.20. The number of hydrogen-bond acceptors (Lipinski definition) is 4. The largest absolute Gasteiger partial charge is 0.438 e. The van der Waals surface area contributed by atoms with E-state index in [1.165, 1.54) is 4.31 Å². The lowest BCUT2D eigenvalue weighted by Crippen LogP contribution is -2.50. The van der Waals surface area contributed by atoms with Crippen LogP contribution in [0, 0.1) is 0 Å². The fourth-order valence-electron chi connectivity index (χ4n) is 4.49. The molecule has 0 aliphatic carbocycles. The topological polar surface area (TPSA) is 66.9 Å². The van der Waals surface area contributed by atoms with Crippen molar-refractivity contribution in [3.8, 4) is 0 Å². The summed E-state index contributed by atoms with van der Waals surface area (Å²) in [7, 11) is 2.58. The Balaban J connectivity index is 1.55. The lowest BCUT2D eigenvalue weighted by atomic mass is 9.85. The zero-order valence-electron chi connectivity index (χ0n) is 17.7. The van der Waals surface area contributed by atoms with Gasteiger partial charge in [0.25, 0.3) is 0 Å². The second-order valence-corrected chi connectivity index (χ2v) is 10.4. The van der Waals surface area contributed by atoms with E-state index in [0.29, 0.717) is 44.4 Å². The van der Waals surface area contributed by atoms with E-state index in [1.807, 2.05) is 61.5 Å². The molecule has 0 N–H and O–H groups in total. The Hall–Kier alpha value is -2.32. The average molecular weight is 438 g/mol. The van der Waals surface area contributed by atoms with Crippen molar-refractivity contribution in [2.75, 3.05) is 25.4 Å². The fourth-order valence-corrected chi connectivity index (χ4v) is 6.02. The number of carbonyl (C=O) groups excluding carboxylic acids is 1. The van der Waals surface area contributed by atoms with Gasteiger partial charge >= 0.3 is 6.09 Å². The summed E-state index contributed by atoms with van der Waals surface area (Å²) in [6.07, 6.45) is 1.29. The van der Waals surface area contributed by atoms with Crippen LogP contribution in [0.25, 0.3) is 0 Å². The van der Waals surface area contributed by atoms with E-state index in [4.69, 9.17) is 12.6 Å². The quantitative estimate of drug-likeness (QED) is 0.651. The highest BCUT2D eigenvalue weighted by molar-refractivity contribution is 7.89. The van der Waals surface area contributed by atoms with E-state index in [0.717, 1.165) is 11.1 Å². The van der Waals surface area contributed by atoms with E-state index >= 15 is 0 Å².